The van der Waals surface area contributed by atoms with E-state index in [9.17, 15) is 26.0 Å². The van der Waals surface area contributed by atoms with Crippen molar-refractivity contribution in [1.82, 2.24) is 4.72 Å². The molecule has 0 unspecified atom stereocenters. The van der Waals surface area contributed by atoms with Gasteiger partial charge in [0.1, 0.15) is 5.82 Å². The molecule has 2 rings (SSSR count). The van der Waals surface area contributed by atoms with Crippen LogP contribution in [0.5, 0.6) is 0 Å². The summed E-state index contributed by atoms with van der Waals surface area (Å²) in [6.45, 7) is 0.0140. The van der Waals surface area contributed by atoms with E-state index < -0.39 is 26.0 Å². The first-order valence-corrected chi connectivity index (χ1v) is 11.0. The summed E-state index contributed by atoms with van der Waals surface area (Å²) in [7, 11) is -7.71. The predicted octanol–water partition coefficient (Wildman–Crippen LogP) is 1.14. The summed E-state index contributed by atoms with van der Waals surface area (Å²) < 4.78 is 63.4. The highest BCUT2D eigenvalue weighted by molar-refractivity contribution is 7.90. The van der Waals surface area contributed by atoms with E-state index in [-0.39, 0.29) is 35.9 Å². The average molecular weight is 430 g/mol. The van der Waals surface area contributed by atoms with Gasteiger partial charge in [-0.1, -0.05) is 6.07 Å². The molecular weight excluding hydrogens is 411 g/mol. The van der Waals surface area contributed by atoms with Crippen molar-refractivity contribution in [2.24, 2.45) is 5.14 Å². The van der Waals surface area contributed by atoms with Gasteiger partial charge in [-0.05, 0) is 48.9 Å². The van der Waals surface area contributed by atoms with Crippen molar-refractivity contribution in [2.75, 3.05) is 16.6 Å². The van der Waals surface area contributed by atoms with Crippen LogP contribution < -0.4 is 19.9 Å². The second kappa shape index (κ2) is 9.10. The quantitative estimate of drug-likeness (QED) is 0.440. The number of hydrogen-bond acceptors (Lipinski definition) is 5. The van der Waals surface area contributed by atoms with Crippen LogP contribution in [0, 0.1) is 5.82 Å². The van der Waals surface area contributed by atoms with Gasteiger partial charge < -0.3 is 5.32 Å². The first kappa shape index (κ1) is 21.8. The van der Waals surface area contributed by atoms with Crippen LogP contribution in [0.1, 0.15) is 12.8 Å². The van der Waals surface area contributed by atoms with Crippen molar-refractivity contribution < 1.29 is 26.0 Å². The molecule has 9 nitrogen and oxygen atoms in total. The molecule has 1 amide bonds. The lowest BCUT2D eigenvalue weighted by atomic mass is 10.2. The van der Waals surface area contributed by atoms with Crippen molar-refractivity contribution in [3.63, 3.8) is 0 Å². The number of carbonyl (C=O) groups excluding carboxylic acids is 1. The van der Waals surface area contributed by atoms with Crippen molar-refractivity contribution in [2.45, 2.75) is 17.7 Å². The van der Waals surface area contributed by atoms with E-state index in [1.54, 1.807) is 6.07 Å². The standard InChI is InChI=1S/C16H19FN4O5S2/c17-12-6-8-15(9-7-12)27(23,24)19-10-2-5-16(22)20-13-3-1-4-14(11-13)21-28(18,25)26/h1,3-4,6-9,11,19,21H,2,5,10H2,(H,20,22)(H2,18,25,26). The zero-order valence-electron chi connectivity index (χ0n) is 14.6. The fraction of sp³-hybridized carbons (Fsp3) is 0.188. The number of nitrogens with two attached hydrogens (primary N) is 1. The van der Waals surface area contributed by atoms with Gasteiger partial charge in [-0.3, -0.25) is 9.52 Å². The molecule has 0 aromatic heterocycles. The molecule has 2 aromatic carbocycles. The van der Waals surface area contributed by atoms with Gasteiger partial charge in [0.05, 0.1) is 10.6 Å². The zero-order chi connectivity index (χ0) is 20.8. The summed E-state index contributed by atoms with van der Waals surface area (Å²) in [6, 6.07) is 10.3. The fourth-order valence-corrected chi connectivity index (χ4v) is 3.73. The van der Waals surface area contributed by atoms with Crippen molar-refractivity contribution in [3.05, 3.63) is 54.3 Å². The van der Waals surface area contributed by atoms with Gasteiger partial charge in [-0.2, -0.15) is 8.42 Å². The van der Waals surface area contributed by atoms with Crippen LogP contribution in [0.4, 0.5) is 15.8 Å². The minimum Gasteiger partial charge on any atom is -0.326 e. The fourth-order valence-electron chi connectivity index (χ4n) is 2.20. The lowest BCUT2D eigenvalue weighted by molar-refractivity contribution is -0.116. The van der Waals surface area contributed by atoms with Gasteiger partial charge in [0.2, 0.25) is 15.9 Å². The van der Waals surface area contributed by atoms with E-state index >= 15 is 0 Å². The lowest BCUT2D eigenvalue weighted by Crippen LogP contribution is -2.25. The number of halogens is 1. The van der Waals surface area contributed by atoms with Crippen molar-refractivity contribution in [3.8, 4) is 0 Å². The van der Waals surface area contributed by atoms with Crippen LogP contribution in [0.2, 0.25) is 0 Å². The molecule has 0 heterocycles. The Bertz CT molecular complexity index is 1040. The smallest absolute Gasteiger partial charge is 0.296 e. The number of hydrogen-bond donors (Lipinski definition) is 4. The molecule has 0 aliphatic carbocycles. The monoisotopic (exact) mass is 430 g/mol. The third-order valence-corrected chi connectivity index (χ3v) is 5.40. The second-order valence-corrected chi connectivity index (χ2v) is 8.79. The molecule has 0 aliphatic heterocycles. The first-order valence-electron chi connectivity index (χ1n) is 8.01. The molecule has 0 atom stereocenters. The summed E-state index contributed by atoms with van der Waals surface area (Å²) >= 11 is 0. The number of rotatable bonds is 9. The van der Waals surface area contributed by atoms with Gasteiger partial charge in [0.15, 0.2) is 0 Å². The molecule has 0 saturated heterocycles. The van der Waals surface area contributed by atoms with Crippen LogP contribution in [0.3, 0.4) is 0 Å². The molecule has 12 heteroatoms. The van der Waals surface area contributed by atoms with E-state index in [4.69, 9.17) is 5.14 Å². The Morgan fingerprint density at radius 1 is 1.00 bits per heavy atom. The molecule has 0 saturated carbocycles. The third-order valence-electron chi connectivity index (χ3n) is 3.40. The largest absolute Gasteiger partial charge is 0.326 e. The number of nitrogens with one attached hydrogen (secondary N) is 3. The minimum absolute atomic E-state index is 0.0140. The van der Waals surface area contributed by atoms with E-state index in [1.165, 1.54) is 18.2 Å². The number of benzene rings is 2. The highest BCUT2D eigenvalue weighted by Gasteiger charge is 2.13. The molecule has 0 fully saturated rings. The maximum atomic E-state index is 12.9. The molecule has 0 radical (unpaired) electrons. The molecular formula is C16H19FN4O5S2. The Kier molecular flexibility index (Phi) is 7.07. The highest BCUT2D eigenvalue weighted by atomic mass is 32.2. The minimum atomic E-state index is -3.93. The SMILES string of the molecule is NS(=O)(=O)Nc1cccc(NC(=O)CCCNS(=O)(=O)c2ccc(F)cc2)c1. The number of sulfonamides is 1. The summed E-state index contributed by atoms with van der Waals surface area (Å²) in [4.78, 5) is 11.9. The third kappa shape index (κ3) is 7.23. The van der Waals surface area contributed by atoms with Crippen LogP contribution >= 0.6 is 0 Å². The predicted molar refractivity (Wildman–Crippen MR) is 103 cm³/mol. The Hall–Kier alpha value is -2.54. The van der Waals surface area contributed by atoms with Gasteiger partial charge in [-0.15, -0.1) is 0 Å². The number of carbonyl (C=O) groups is 1. The van der Waals surface area contributed by atoms with Gasteiger partial charge >= 0.3 is 0 Å². The van der Waals surface area contributed by atoms with E-state index in [0.29, 0.717) is 5.69 Å². The van der Waals surface area contributed by atoms with E-state index in [1.807, 2.05) is 0 Å². The van der Waals surface area contributed by atoms with Gasteiger partial charge in [0.25, 0.3) is 10.2 Å². The summed E-state index contributed by atoms with van der Waals surface area (Å²) in [6.07, 6.45) is 0.250. The van der Waals surface area contributed by atoms with Gasteiger partial charge in [-0.25, -0.2) is 22.7 Å². The molecule has 5 N–H and O–H groups in total. The molecule has 2 aromatic rings. The van der Waals surface area contributed by atoms with E-state index in [2.05, 4.69) is 14.8 Å². The summed E-state index contributed by atoms with van der Waals surface area (Å²) in [5.74, 6) is -0.923. The Balaban J connectivity index is 1.81. The van der Waals surface area contributed by atoms with E-state index in [0.717, 1.165) is 24.3 Å². The van der Waals surface area contributed by atoms with Crippen LogP contribution in [0.25, 0.3) is 0 Å². The average Bonchev–Trinajstić information content (AvgIpc) is 2.58. The topological polar surface area (TPSA) is 147 Å². The Labute approximate surface area is 162 Å². The maximum Gasteiger partial charge on any atom is 0.296 e. The van der Waals surface area contributed by atoms with Crippen LogP contribution in [0.15, 0.2) is 53.4 Å². The summed E-state index contributed by atoms with van der Waals surface area (Å²) in [5.41, 5.74) is 0.540. The second-order valence-electron chi connectivity index (χ2n) is 5.73. The molecule has 152 valence electrons. The maximum absolute atomic E-state index is 12.9. The van der Waals surface area contributed by atoms with Crippen LogP contribution in [-0.4, -0.2) is 29.3 Å². The molecule has 28 heavy (non-hydrogen) atoms. The Morgan fingerprint density at radius 3 is 2.29 bits per heavy atom. The molecule has 0 bridgehead atoms. The van der Waals surface area contributed by atoms with Gasteiger partial charge in [0, 0.05) is 18.7 Å². The number of amides is 1. The normalized spacial score (nSPS) is 11.8. The molecule has 0 spiro atoms. The van der Waals surface area contributed by atoms with Crippen LogP contribution in [-0.2, 0) is 25.0 Å². The molecule has 0 aliphatic rings. The number of anilines is 2. The Morgan fingerprint density at radius 2 is 1.64 bits per heavy atom. The zero-order valence-corrected chi connectivity index (χ0v) is 16.2. The first-order chi connectivity index (χ1) is 13.0. The highest BCUT2D eigenvalue weighted by Crippen LogP contribution is 2.16. The lowest BCUT2D eigenvalue weighted by Gasteiger charge is -2.09. The van der Waals surface area contributed by atoms with Crippen molar-refractivity contribution >= 4 is 37.5 Å². The summed E-state index contributed by atoms with van der Waals surface area (Å²) in [5, 5.41) is 7.45. The van der Waals surface area contributed by atoms with Crippen molar-refractivity contribution in [1.29, 1.82) is 0 Å².